The van der Waals surface area contributed by atoms with E-state index in [-0.39, 0.29) is 11.8 Å². The largest absolute Gasteiger partial charge is 0.317 e. The highest BCUT2D eigenvalue weighted by Gasteiger charge is 2.47. The molecule has 1 heterocycles. The van der Waals surface area contributed by atoms with Crippen LogP contribution in [0.5, 0.6) is 0 Å². The fraction of sp³-hybridized carbons (Fsp3) is 0.889. The second kappa shape index (κ2) is 3.64. The van der Waals surface area contributed by atoms with E-state index in [4.69, 9.17) is 5.84 Å². The van der Waals surface area contributed by atoms with Gasteiger partial charge >= 0.3 is 0 Å². The Kier molecular flexibility index (Phi) is 2.51. The van der Waals surface area contributed by atoms with Crippen LogP contribution in [0.1, 0.15) is 19.3 Å². The number of hydrogen-bond donors (Lipinski definition) is 3. The van der Waals surface area contributed by atoms with Crippen LogP contribution in [-0.4, -0.2) is 19.0 Å². The summed E-state index contributed by atoms with van der Waals surface area (Å²) in [5, 5.41) is 3.33. The van der Waals surface area contributed by atoms with Gasteiger partial charge in [-0.05, 0) is 44.2 Å². The summed E-state index contributed by atoms with van der Waals surface area (Å²) in [5.74, 6) is 6.71. The van der Waals surface area contributed by atoms with Crippen LogP contribution >= 0.6 is 0 Å². The number of piperidine rings is 1. The molecule has 4 nitrogen and oxygen atoms in total. The first kappa shape index (κ1) is 8.97. The van der Waals surface area contributed by atoms with Gasteiger partial charge in [-0.1, -0.05) is 0 Å². The Bertz CT molecular complexity index is 201. The zero-order chi connectivity index (χ0) is 9.26. The van der Waals surface area contributed by atoms with Crippen molar-refractivity contribution in [1.82, 2.24) is 10.7 Å². The van der Waals surface area contributed by atoms with Crippen molar-refractivity contribution in [2.24, 2.45) is 23.6 Å². The Morgan fingerprint density at radius 3 is 2.69 bits per heavy atom. The zero-order valence-electron chi connectivity index (χ0n) is 7.75. The summed E-state index contributed by atoms with van der Waals surface area (Å²) in [5.41, 5.74) is 2.24. The molecule has 1 saturated heterocycles. The van der Waals surface area contributed by atoms with E-state index in [2.05, 4.69) is 10.7 Å². The highest BCUT2D eigenvalue weighted by atomic mass is 16.2. The normalized spacial score (nSPS) is 34.2. The molecule has 1 amide bonds. The zero-order valence-corrected chi connectivity index (χ0v) is 7.75. The fourth-order valence-corrected chi connectivity index (χ4v) is 2.42. The molecule has 0 bridgehead atoms. The maximum Gasteiger partial charge on any atom is 0.237 e. The first-order valence-corrected chi connectivity index (χ1v) is 5.04. The lowest BCUT2D eigenvalue weighted by Gasteiger charge is -2.22. The van der Waals surface area contributed by atoms with E-state index in [1.54, 1.807) is 0 Å². The van der Waals surface area contributed by atoms with Gasteiger partial charge in [-0.15, -0.1) is 0 Å². The van der Waals surface area contributed by atoms with Crippen molar-refractivity contribution in [3.8, 4) is 0 Å². The number of carbonyl (C=O) groups excluding carboxylic acids is 1. The number of hydrazine groups is 1. The van der Waals surface area contributed by atoms with E-state index in [9.17, 15) is 4.79 Å². The third-order valence-electron chi connectivity index (χ3n) is 3.31. The Balaban J connectivity index is 1.81. The summed E-state index contributed by atoms with van der Waals surface area (Å²) < 4.78 is 0. The van der Waals surface area contributed by atoms with Crippen molar-refractivity contribution in [2.75, 3.05) is 13.1 Å². The fourth-order valence-electron chi connectivity index (χ4n) is 2.42. The van der Waals surface area contributed by atoms with Gasteiger partial charge in [0.05, 0.1) is 0 Å². The quantitative estimate of drug-likeness (QED) is 0.310. The van der Waals surface area contributed by atoms with Gasteiger partial charge < -0.3 is 5.32 Å². The number of nitrogens with two attached hydrogens (primary N) is 1. The highest BCUT2D eigenvalue weighted by molar-refractivity contribution is 5.80. The van der Waals surface area contributed by atoms with E-state index in [1.807, 2.05) is 0 Å². The van der Waals surface area contributed by atoms with E-state index >= 15 is 0 Å². The van der Waals surface area contributed by atoms with Gasteiger partial charge in [0.2, 0.25) is 5.91 Å². The van der Waals surface area contributed by atoms with Crippen LogP contribution in [-0.2, 0) is 4.79 Å². The van der Waals surface area contributed by atoms with Crippen molar-refractivity contribution < 1.29 is 4.79 Å². The summed E-state index contributed by atoms with van der Waals surface area (Å²) in [7, 11) is 0. The second-order valence-corrected chi connectivity index (χ2v) is 4.10. The Morgan fingerprint density at radius 1 is 1.38 bits per heavy atom. The number of hydrogen-bond acceptors (Lipinski definition) is 3. The molecule has 74 valence electrons. The summed E-state index contributed by atoms with van der Waals surface area (Å²) >= 11 is 0. The molecule has 2 fully saturated rings. The van der Waals surface area contributed by atoms with Crippen LogP contribution < -0.4 is 16.6 Å². The van der Waals surface area contributed by atoms with Crippen LogP contribution in [0.4, 0.5) is 0 Å². The van der Waals surface area contributed by atoms with E-state index in [0.717, 1.165) is 25.4 Å². The molecule has 0 aromatic heterocycles. The van der Waals surface area contributed by atoms with E-state index in [1.165, 1.54) is 12.8 Å². The summed E-state index contributed by atoms with van der Waals surface area (Å²) in [6.45, 7) is 2.22. The molecule has 2 rings (SSSR count). The molecule has 0 spiro atoms. The van der Waals surface area contributed by atoms with Crippen LogP contribution in [0.2, 0.25) is 0 Å². The number of nitrogens with one attached hydrogen (secondary N) is 2. The standard InChI is InChI=1S/C9H17N3O/c10-12-9(13)8-5-7(8)6-1-3-11-4-2-6/h6-8,11H,1-5,10H2,(H,12,13). The Morgan fingerprint density at radius 2 is 2.08 bits per heavy atom. The van der Waals surface area contributed by atoms with Crippen LogP contribution in [0.3, 0.4) is 0 Å². The molecule has 13 heavy (non-hydrogen) atoms. The lowest BCUT2D eigenvalue weighted by Crippen LogP contribution is -2.33. The van der Waals surface area contributed by atoms with Gasteiger partial charge in [-0.2, -0.15) is 0 Å². The van der Waals surface area contributed by atoms with Crippen molar-refractivity contribution in [3.05, 3.63) is 0 Å². The van der Waals surface area contributed by atoms with Crippen molar-refractivity contribution in [2.45, 2.75) is 19.3 Å². The third-order valence-corrected chi connectivity index (χ3v) is 3.31. The minimum absolute atomic E-state index is 0.0310. The molecule has 2 unspecified atom stereocenters. The minimum atomic E-state index is 0.0310. The number of rotatable bonds is 2. The lowest BCUT2D eigenvalue weighted by molar-refractivity contribution is -0.122. The maximum atomic E-state index is 11.2. The summed E-state index contributed by atoms with van der Waals surface area (Å²) in [6, 6.07) is 0. The van der Waals surface area contributed by atoms with E-state index in [0.29, 0.717) is 5.92 Å². The van der Waals surface area contributed by atoms with Crippen molar-refractivity contribution >= 4 is 5.91 Å². The average Bonchev–Trinajstić information content (AvgIpc) is 2.98. The van der Waals surface area contributed by atoms with Gasteiger partial charge in [0.15, 0.2) is 0 Å². The monoisotopic (exact) mass is 183 g/mol. The van der Waals surface area contributed by atoms with Gasteiger partial charge in [0.1, 0.15) is 0 Å². The maximum absolute atomic E-state index is 11.2. The molecule has 0 aromatic rings. The molecule has 1 aliphatic carbocycles. The first-order chi connectivity index (χ1) is 6.33. The smallest absolute Gasteiger partial charge is 0.237 e. The van der Waals surface area contributed by atoms with Gasteiger partial charge in [0.25, 0.3) is 0 Å². The first-order valence-electron chi connectivity index (χ1n) is 5.04. The predicted octanol–water partition coefficient (Wildman–Crippen LogP) is -0.388. The molecule has 2 atom stereocenters. The molecule has 1 saturated carbocycles. The third kappa shape index (κ3) is 1.84. The number of carbonyl (C=O) groups is 1. The topological polar surface area (TPSA) is 67.1 Å². The lowest BCUT2D eigenvalue weighted by atomic mass is 9.92. The molecular weight excluding hydrogens is 166 g/mol. The van der Waals surface area contributed by atoms with Gasteiger partial charge in [-0.25, -0.2) is 5.84 Å². The average molecular weight is 183 g/mol. The van der Waals surface area contributed by atoms with Crippen molar-refractivity contribution in [3.63, 3.8) is 0 Å². The molecule has 0 radical (unpaired) electrons. The minimum Gasteiger partial charge on any atom is -0.317 e. The highest BCUT2D eigenvalue weighted by Crippen LogP contribution is 2.47. The van der Waals surface area contributed by atoms with Crippen molar-refractivity contribution in [1.29, 1.82) is 0 Å². The Labute approximate surface area is 78.2 Å². The SMILES string of the molecule is NNC(=O)C1CC1C1CCNCC1. The van der Waals surface area contributed by atoms with E-state index < -0.39 is 0 Å². The molecule has 0 aromatic carbocycles. The van der Waals surface area contributed by atoms with Crippen LogP contribution in [0.15, 0.2) is 0 Å². The van der Waals surface area contributed by atoms with Crippen LogP contribution in [0.25, 0.3) is 0 Å². The summed E-state index contributed by atoms with van der Waals surface area (Å²) in [4.78, 5) is 11.2. The predicted molar refractivity (Wildman–Crippen MR) is 49.5 cm³/mol. The summed E-state index contributed by atoms with van der Waals surface area (Å²) in [6.07, 6.45) is 3.49. The Hall–Kier alpha value is -0.610. The second-order valence-electron chi connectivity index (χ2n) is 4.10. The van der Waals surface area contributed by atoms with Gasteiger partial charge in [0, 0.05) is 5.92 Å². The molecule has 2 aliphatic rings. The number of amides is 1. The molecule has 1 aliphatic heterocycles. The van der Waals surface area contributed by atoms with Crippen LogP contribution in [0, 0.1) is 17.8 Å². The molecule has 4 N–H and O–H groups in total. The van der Waals surface area contributed by atoms with Gasteiger partial charge in [-0.3, -0.25) is 10.2 Å². The molecule has 4 heteroatoms. The molecular formula is C9H17N3O.